The van der Waals surface area contributed by atoms with Crippen LogP contribution in [0.4, 0.5) is 0 Å². The molecule has 0 unspecified atom stereocenters. The minimum atomic E-state index is -0.0456. The standard InChI is InChI=1S/C23H27N5O/c1-2-17-7-4-6-10-22(17)28-16-21(25-26-28)23(29)27-13-11-18(12-14-27)20-9-5-3-8-19(20)15-24/h3-10,16,18H,2,11-15,24H2,1H3. The Labute approximate surface area is 171 Å². The Morgan fingerprint density at radius 2 is 1.76 bits per heavy atom. The van der Waals surface area contributed by atoms with Gasteiger partial charge in [0.05, 0.1) is 11.9 Å². The Bertz CT molecular complexity index is 988. The molecule has 1 aliphatic heterocycles. The van der Waals surface area contributed by atoms with Crippen LogP contribution < -0.4 is 5.73 Å². The summed E-state index contributed by atoms with van der Waals surface area (Å²) in [5.74, 6) is 0.404. The topological polar surface area (TPSA) is 77.0 Å². The third kappa shape index (κ3) is 3.93. The second-order valence-electron chi connectivity index (χ2n) is 7.50. The lowest BCUT2D eigenvalue weighted by atomic mass is 9.86. The van der Waals surface area contributed by atoms with E-state index in [1.54, 1.807) is 10.9 Å². The molecule has 4 rings (SSSR count). The molecule has 1 amide bonds. The van der Waals surface area contributed by atoms with Crippen molar-refractivity contribution in [3.8, 4) is 5.69 Å². The Kier molecular flexibility index (Phi) is 5.71. The van der Waals surface area contributed by atoms with Gasteiger partial charge in [0.2, 0.25) is 0 Å². The van der Waals surface area contributed by atoms with Gasteiger partial charge in [0.1, 0.15) is 0 Å². The van der Waals surface area contributed by atoms with E-state index in [-0.39, 0.29) is 5.91 Å². The van der Waals surface area contributed by atoms with Crippen molar-refractivity contribution in [2.45, 2.75) is 38.6 Å². The normalized spacial score (nSPS) is 14.9. The van der Waals surface area contributed by atoms with Crippen LogP contribution in [0.5, 0.6) is 0 Å². The van der Waals surface area contributed by atoms with Crippen LogP contribution in [0, 0.1) is 0 Å². The van der Waals surface area contributed by atoms with Gasteiger partial charge in [-0.2, -0.15) is 0 Å². The van der Waals surface area contributed by atoms with Gasteiger partial charge in [-0.05, 0) is 47.9 Å². The van der Waals surface area contributed by atoms with Gasteiger partial charge in [-0.25, -0.2) is 4.68 Å². The average molecular weight is 390 g/mol. The molecule has 150 valence electrons. The third-order valence-electron chi connectivity index (χ3n) is 5.83. The highest BCUT2D eigenvalue weighted by atomic mass is 16.2. The van der Waals surface area contributed by atoms with Gasteiger partial charge in [0.15, 0.2) is 5.69 Å². The summed E-state index contributed by atoms with van der Waals surface area (Å²) in [5.41, 5.74) is 11.0. The van der Waals surface area contributed by atoms with Gasteiger partial charge in [0.25, 0.3) is 5.91 Å². The highest BCUT2D eigenvalue weighted by Gasteiger charge is 2.27. The zero-order valence-electron chi connectivity index (χ0n) is 16.8. The van der Waals surface area contributed by atoms with E-state index in [4.69, 9.17) is 5.73 Å². The Morgan fingerprint density at radius 1 is 1.07 bits per heavy atom. The van der Waals surface area contributed by atoms with Crippen LogP contribution in [0.3, 0.4) is 0 Å². The van der Waals surface area contributed by atoms with E-state index in [9.17, 15) is 4.79 Å². The van der Waals surface area contributed by atoms with E-state index in [2.05, 4.69) is 41.5 Å². The van der Waals surface area contributed by atoms with Crippen LogP contribution in [-0.2, 0) is 13.0 Å². The number of likely N-dealkylation sites (tertiary alicyclic amines) is 1. The molecule has 0 radical (unpaired) electrons. The van der Waals surface area contributed by atoms with Crippen molar-refractivity contribution >= 4 is 5.91 Å². The summed E-state index contributed by atoms with van der Waals surface area (Å²) < 4.78 is 1.70. The minimum absolute atomic E-state index is 0.0456. The van der Waals surface area contributed by atoms with Crippen LogP contribution >= 0.6 is 0 Å². The predicted octanol–water partition coefficient (Wildman–Crippen LogP) is 3.31. The second-order valence-corrected chi connectivity index (χ2v) is 7.50. The third-order valence-corrected chi connectivity index (χ3v) is 5.83. The first kappa shape index (κ1) is 19.3. The Balaban J connectivity index is 1.45. The number of nitrogens with two attached hydrogens (primary N) is 1. The molecule has 2 aromatic carbocycles. The lowest BCUT2D eigenvalue weighted by molar-refractivity contribution is 0.0707. The van der Waals surface area contributed by atoms with Crippen molar-refractivity contribution < 1.29 is 4.79 Å². The number of rotatable bonds is 5. The molecule has 1 aromatic heterocycles. The van der Waals surface area contributed by atoms with Gasteiger partial charge < -0.3 is 10.6 Å². The van der Waals surface area contributed by atoms with Crippen LogP contribution in [-0.4, -0.2) is 38.9 Å². The lowest BCUT2D eigenvalue weighted by Crippen LogP contribution is -2.38. The quantitative estimate of drug-likeness (QED) is 0.726. The molecule has 0 aliphatic carbocycles. The van der Waals surface area contributed by atoms with E-state index in [0.29, 0.717) is 18.2 Å². The SMILES string of the molecule is CCc1ccccc1-n1cc(C(=O)N2CCC(c3ccccc3CN)CC2)nn1. The highest BCUT2D eigenvalue weighted by molar-refractivity contribution is 5.92. The van der Waals surface area contributed by atoms with E-state index in [0.717, 1.165) is 38.0 Å². The number of amides is 1. The van der Waals surface area contributed by atoms with Crippen molar-refractivity contribution in [2.24, 2.45) is 5.73 Å². The molecule has 6 heteroatoms. The van der Waals surface area contributed by atoms with Crippen molar-refractivity contribution in [1.29, 1.82) is 0 Å². The molecular weight excluding hydrogens is 362 g/mol. The first-order valence-electron chi connectivity index (χ1n) is 10.3. The molecule has 2 heterocycles. The monoisotopic (exact) mass is 389 g/mol. The molecule has 0 saturated carbocycles. The fourth-order valence-corrected chi connectivity index (χ4v) is 4.19. The molecule has 1 fully saturated rings. The summed E-state index contributed by atoms with van der Waals surface area (Å²) in [6.45, 7) is 4.11. The van der Waals surface area contributed by atoms with E-state index >= 15 is 0 Å². The number of aryl methyl sites for hydroxylation is 1. The summed E-state index contributed by atoms with van der Waals surface area (Å²) in [6, 6.07) is 16.4. The maximum Gasteiger partial charge on any atom is 0.276 e. The average Bonchev–Trinajstić information content (AvgIpc) is 3.28. The zero-order valence-corrected chi connectivity index (χ0v) is 16.8. The molecule has 6 nitrogen and oxygen atoms in total. The number of aromatic nitrogens is 3. The van der Waals surface area contributed by atoms with Gasteiger partial charge in [0, 0.05) is 19.6 Å². The van der Waals surface area contributed by atoms with Gasteiger partial charge in [-0.1, -0.05) is 54.6 Å². The number of hydrogen-bond acceptors (Lipinski definition) is 4. The summed E-state index contributed by atoms with van der Waals surface area (Å²) >= 11 is 0. The number of benzene rings is 2. The molecular formula is C23H27N5O. The van der Waals surface area contributed by atoms with E-state index in [1.165, 1.54) is 16.7 Å². The number of carbonyl (C=O) groups is 1. The number of piperidine rings is 1. The van der Waals surface area contributed by atoms with Gasteiger partial charge in [-0.3, -0.25) is 4.79 Å². The maximum atomic E-state index is 13.0. The van der Waals surface area contributed by atoms with Gasteiger partial charge in [-0.15, -0.1) is 5.10 Å². The first-order valence-corrected chi connectivity index (χ1v) is 10.3. The molecule has 0 bridgehead atoms. The van der Waals surface area contributed by atoms with Crippen molar-refractivity contribution in [3.63, 3.8) is 0 Å². The Hall–Kier alpha value is -2.99. The fraction of sp³-hybridized carbons (Fsp3) is 0.348. The summed E-state index contributed by atoms with van der Waals surface area (Å²) in [6.07, 6.45) is 4.52. The molecule has 1 saturated heterocycles. The molecule has 3 aromatic rings. The van der Waals surface area contributed by atoms with Crippen LogP contribution in [0.1, 0.15) is 52.9 Å². The lowest BCUT2D eigenvalue weighted by Gasteiger charge is -2.32. The van der Waals surface area contributed by atoms with E-state index < -0.39 is 0 Å². The summed E-state index contributed by atoms with van der Waals surface area (Å²) in [7, 11) is 0. The largest absolute Gasteiger partial charge is 0.337 e. The number of hydrogen-bond donors (Lipinski definition) is 1. The summed E-state index contributed by atoms with van der Waals surface area (Å²) in [4.78, 5) is 14.8. The van der Waals surface area contributed by atoms with Crippen LogP contribution in [0.15, 0.2) is 54.7 Å². The van der Waals surface area contributed by atoms with Gasteiger partial charge >= 0.3 is 0 Å². The zero-order chi connectivity index (χ0) is 20.2. The Morgan fingerprint density at radius 3 is 2.48 bits per heavy atom. The van der Waals surface area contributed by atoms with Crippen LogP contribution in [0.2, 0.25) is 0 Å². The van der Waals surface area contributed by atoms with Crippen LogP contribution in [0.25, 0.3) is 5.69 Å². The number of carbonyl (C=O) groups excluding carboxylic acids is 1. The van der Waals surface area contributed by atoms with Crippen molar-refractivity contribution in [2.75, 3.05) is 13.1 Å². The smallest absolute Gasteiger partial charge is 0.276 e. The van der Waals surface area contributed by atoms with E-state index in [1.807, 2.05) is 29.2 Å². The second kappa shape index (κ2) is 8.57. The first-order chi connectivity index (χ1) is 14.2. The number of para-hydroxylation sites is 1. The highest BCUT2D eigenvalue weighted by Crippen LogP contribution is 2.30. The summed E-state index contributed by atoms with van der Waals surface area (Å²) in [5, 5.41) is 8.35. The predicted molar refractivity (Wildman–Crippen MR) is 113 cm³/mol. The minimum Gasteiger partial charge on any atom is -0.337 e. The number of nitrogens with zero attached hydrogens (tertiary/aromatic N) is 4. The fourth-order valence-electron chi connectivity index (χ4n) is 4.19. The molecule has 1 aliphatic rings. The molecule has 0 atom stereocenters. The molecule has 0 spiro atoms. The van der Waals surface area contributed by atoms with Crippen molar-refractivity contribution in [1.82, 2.24) is 19.9 Å². The molecule has 29 heavy (non-hydrogen) atoms. The molecule has 2 N–H and O–H groups in total. The maximum absolute atomic E-state index is 13.0. The van der Waals surface area contributed by atoms with Crippen molar-refractivity contribution in [3.05, 3.63) is 77.1 Å².